The van der Waals surface area contributed by atoms with Gasteiger partial charge in [-0.25, -0.2) is 9.78 Å². The molecule has 282 valence electrons. The summed E-state index contributed by atoms with van der Waals surface area (Å²) in [5.41, 5.74) is 7.59. The summed E-state index contributed by atoms with van der Waals surface area (Å²) in [5, 5.41) is 15.5. The van der Waals surface area contributed by atoms with E-state index < -0.39 is 6.29 Å². The van der Waals surface area contributed by atoms with Crippen molar-refractivity contribution in [3.05, 3.63) is 174 Å². The second-order valence-corrected chi connectivity index (χ2v) is 15.9. The number of benzene rings is 6. The molecule has 1 aromatic heterocycles. The number of urea groups is 1. The number of para-hydroxylation sites is 2. The smallest absolute Gasteiger partial charge is 0.319 e. The van der Waals surface area contributed by atoms with Crippen LogP contribution in [-0.4, -0.2) is 28.0 Å². The number of anilines is 1. The number of aliphatic hydroxyl groups is 1. The van der Waals surface area contributed by atoms with Gasteiger partial charge in [0.05, 0.1) is 29.0 Å². The fraction of sp³-hybridized carbons (Fsp3) is 0.174. The third-order valence-corrected chi connectivity index (χ3v) is 12.0. The molecule has 2 heterocycles. The van der Waals surface area contributed by atoms with Crippen molar-refractivity contribution in [2.45, 2.75) is 42.9 Å². The van der Waals surface area contributed by atoms with Gasteiger partial charge in [0.1, 0.15) is 11.5 Å². The molecule has 1 aliphatic heterocycles. The van der Waals surface area contributed by atoms with E-state index in [1.165, 1.54) is 4.70 Å². The second-order valence-electron chi connectivity index (χ2n) is 13.7. The van der Waals surface area contributed by atoms with Gasteiger partial charge in [0.2, 0.25) is 0 Å². The minimum absolute atomic E-state index is 0.00274. The summed E-state index contributed by atoms with van der Waals surface area (Å²) in [6, 6.07) is 49.2. The Labute approximate surface area is 334 Å². The Morgan fingerprint density at radius 3 is 2.27 bits per heavy atom. The van der Waals surface area contributed by atoms with Crippen LogP contribution in [0, 0.1) is 5.92 Å². The van der Waals surface area contributed by atoms with Gasteiger partial charge >= 0.3 is 6.03 Å². The standard InChI is InChI=1S/C46H41N3O5S2/c1-30-41(29-55-46-49-40-12-5-6-13-42(40)56-46)53-44(54-43(30)34-16-14-31(28-50)15-17-34)35-20-18-33(19-21-35)36-9-7-8-32(26-36)27-47-45(51)48-37-22-24-39(25-23-37)52-38-10-3-2-4-11-38/h2-26,30,41,43-44,50H,27-29H2,1H3,(H2,47,48,51)/t30-,41+,43+,44+/m0/s1. The van der Waals surface area contributed by atoms with Crippen molar-refractivity contribution in [2.24, 2.45) is 5.92 Å². The summed E-state index contributed by atoms with van der Waals surface area (Å²) in [5.74, 6) is 2.25. The SMILES string of the molecule is C[C@H]1[C@@H](CSc2nc3ccccc3s2)O[C@@H](c2ccc(-c3cccc(CNC(=O)Nc4ccc(Oc5ccccc5)cc4)c3)cc2)O[C@H]1c1ccc(CO)cc1. The monoisotopic (exact) mass is 779 g/mol. The first kappa shape index (κ1) is 37.4. The number of fused-ring (bicyclic) bond motifs is 1. The van der Waals surface area contributed by atoms with Crippen molar-refractivity contribution < 1.29 is 24.1 Å². The summed E-state index contributed by atoms with van der Waals surface area (Å²) in [6.45, 7) is 2.54. The summed E-state index contributed by atoms with van der Waals surface area (Å²) in [6.07, 6.45) is -0.857. The predicted molar refractivity (Wildman–Crippen MR) is 224 cm³/mol. The molecule has 0 saturated carbocycles. The first-order valence-corrected chi connectivity index (χ1v) is 20.3. The summed E-state index contributed by atoms with van der Waals surface area (Å²) >= 11 is 3.43. The first-order chi connectivity index (χ1) is 27.5. The third kappa shape index (κ3) is 9.13. The maximum atomic E-state index is 12.7. The number of carbonyl (C=O) groups excluding carboxylic acids is 1. The molecule has 2 amide bonds. The lowest BCUT2D eigenvalue weighted by Gasteiger charge is -2.41. The molecule has 0 radical (unpaired) electrons. The number of amides is 2. The van der Waals surface area contributed by atoms with E-state index in [0.717, 1.165) is 54.7 Å². The number of hydrogen-bond donors (Lipinski definition) is 3. The first-order valence-electron chi connectivity index (χ1n) is 18.5. The van der Waals surface area contributed by atoms with Crippen molar-refractivity contribution in [3.8, 4) is 22.6 Å². The largest absolute Gasteiger partial charge is 0.457 e. The van der Waals surface area contributed by atoms with Crippen molar-refractivity contribution in [1.29, 1.82) is 0 Å². The lowest BCUT2D eigenvalue weighted by molar-refractivity contribution is -0.268. The van der Waals surface area contributed by atoms with Gasteiger partial charge in [-0.05, 0) is 82.4 Å². The molecule has 8 nitrogen and oxygen atoms in total. The molecule has 0 unspecified atom stereocenters. The minimum Gasteiger partial charge on any atom is -0.457 e. The molecule has 8 rings (SSSR count). The van der Waals surface area contributed by atoms with E-state index in [1.54, 1.807) is 23.1 Å². The lowest BCUT2D eigenvalue weighted by Crippen LogP contribution is -2.38. The van der Waals surface area contributed by atoms with Crippen molar-refractivity contribution in [1.82, 2.24) is 10.3 Å². The highest BCUT2D eigenvalue weighted by atomic mass is 32.2. The molecule has 0 aliphatic carbocycles. The molecule has 1 saturated heterocycles. The van der Waals surface area contributed by atoms with Crippen molar-refractivity contribution in [3.63, 3.8) is 0 Å². The van der Waals surface area contributed by atoms with E-state index >= 15 is 0 Å². The highest BCUT2D eigenvalue weighted by Crippen LogP contribution is 2.44. The normalized spacial score (nSPS) is 18.0. The molecule has 7 aromatic rings. The van der Waals surface area contributed by atoms with E-state index in [1.807, 2.05) is 109 Å². The number of nitrogens with one attached hydrogen (secondary N) is 2. The molecular formula is C46H41N3O5S2. The zero-order valence-corrected chi connectivity index (χ0v) is 32.3. The van der Waals surface area contributed by atoms with Crippen LogP contribution in [0.2, 0.25) is 0 Å². The average molecular weight is 780 g/mol. The van der Waals surface area contributed by atoms with Crippen LogP contribution in [-0.2, 0) is 22.6 Å². The van der Waals surface area contributed by atoms with Crippen LogP contribution in [0.5, 0.6) is 11.5 Å². The molecule has 6 aromatic carbocycles. The fourth-order valence-electron chi connectivity index (χ4n) is 6.66. The number of ether oxygens (including phenoxy) is 3. The predicted octanol–water partition coefficient (Wildman–Crippen LogP) is 11.2. The Bertz CT molecular complexity index is 2340. The third-order valence-electron chi connectivity index (χ3n) is 9.76. The molecule has 0 bridgehead atoms. The topological polar surface area (TPSA) is 102 Å². The molecule has 56 heavy (non-hydrogen) atoms. The van der Waals surface area contributed by atoms with Crippen LogP contribution in [0.1, 0.15) is 41.6 Å². The number of aliphatic hydroxyl groups excluding tert-OH is 1. The van der Waals surface area contributed by atoms with E-state index in [4.69, 9.17) is 19.2 Å². The highest BCUT2D eigenvalue weighted by Gasteiger charge is 2.38. The van der Waals surface area contributed by atoms with Crippen molar-refractivity contribution in [2.75, 3.05) is 11.1 Å². The van der Waals surface area contributed by atoms with E-state index in [9.17, 15) is 9.90 Å². The zero-order valence-electron chi connectivity index (χ0n) is 30.7. The molecule has 1 aliphatic rings. The van der Waals surface area contributed by atoms with Gasteiger partial charge in [-0.15, -0.1) is 11.3 Å². The average Bonchev–Trinajstić information content (AvgIpc) is 3.67. The van der Waals surface area contributed by atoms with Crippen LogP contribution in [0.4, 0.5) is 10.5 Å². The van der Waals surface area contributed by atoms with Crippen LogP contribution in [0.25, 0.3) is 21.3 Å². The van der Waals surface area contributed by atoms with Gasteiger partial charge in [0, 0.05) is 29.5 Å². The van der Waals surface area contributed by atoms with Gasteiger partial charge < -0.3 is 30.0 Å². The molecule has 10 heteroatoms. The summed E-state index contributed by atoms with van der Waals surface area (Å²) < 4.78 is 21.5. The Kier molecular flexibility index (Phi) is 11.7. The second kappa shape index (κ2) is 17.5. The maximum Gasteiger partial charge on any atom is 0.319 e. The van der Waals surface area contributed by atoms with Crippen LogP contribution in [0.15, 0.2) is 156 Å². The lowest BCUT2D eigenvalue weighted by atomic mass is 9.91. The molecule has 4 atom stereocenters. The molecule has 0 spiro atoms. The number of nitrogens with zero attached hydrogens (tertiary/aromatic N) is 1. The Morgan fingerprint density at radius 1 is 0.768 bits per heavy atom. The van der Waals surface area contributed by atoms with Gasteiger partial charge in [-0.2, -0.15) is 0 Å². The number of aromatic nitrogens is 1. The Hall–Kier alpha value is -5.49. The number of hydrogen-bond acceptors (Lipinski definition) is 8. The Morgan fingerprint density at radius 2 is 1.50 bits per heavy atom. The molecular weight excluding hydrogens is 739 g/mol. The number of thioether (sulfide) groups is 1. The van der Waals surface area contributed by atoms with Crippen LogP contribution in [0.3, 0.4) is 0 Å². The van der Waals surface area contributed by atoms with Gasteiger partial charge in [-0.3, -0.25) is 0 Å². The summed E-state index contributed by atoms with van der Waals surface area (Å²) in [7, 11) is 0. The minimum atomic E-state index is -0.564. The van der Waals surface area contributed by atoms with E-state index in [0.29, 0.717) is 18.0 Å². The summed E-state index contributed by atoms with van der Waals surface area (Å²) in [4.78, 5) is 17.6. The van der Waals surface area contributed by atoms with E-state index in [2.05, 4.69) is 60.0 Å². The van der Waals surface area contributed by atoms with E-state index in [-0.39, 0.29) is 30.8 Å². The number of carbonyl (C=O) groups is 1. The quantitative estimate of drug-likeness (QED) is 0.106. The molecule has 3 N–H and O–H groups in total. The van der Waals surface area contributed by atoms with Crippen molar-refractivity contribution >= 4 is 45.0 Å². The van der Waals surface area contributed by atoms with Gasteiger partial charge in [0.15, 0.2) is 10.6 Å². The highest BCUT2D eigenvalue weighted by molar-refractivity contribution is 8.01. The van der Waals surface area contributed by atoms with Crippen LogP contribution >= 0.6 is 23.1 Å². The Balaban J connectivity index is 0.913. The van der Waals surface area contributed by atoms with Gasteiger partial charge in [0.25, 0.3) is 0 Å². The fourth-order valence-corrected chi connectivity index (χ4v) is 8.92. The van der Waals surface area contributed by atoms with Gasteiger partial charge in [-0.1, -0.05) is 116 Å². The van der Waals surface area contributed by atoms with Crippen LogP contribution < -0.4 is 15.4 Å². The number of rotatable bonds is 12. The zero-order chi connectivity index (χ0) is 38.3. The maximum absolute atomic E-state index is 12.7. The number of thiazole rings is 1. The molecule has 1 fully saturated rings.